The molecule has 31 heavy (non-hydrogen) atoms. The molecule has 2 rings (SSSR count). The van der Waals surface area contributed by atoms with Crippen molar-refractivity contribution in [2.75, 3.05) is 0 Å². The number of pyridine rings is 1. The number of carbonyl (C=O) groups is 3. The molecular weight excluding hydrogens is 426 g/mol. The highest BCUT2D eigenvalue weighted by Crippen LogP contribution is 2.38. The molecule has 0 N–H and O–H groups in total. The van der Waals surface area contributed by atoms with Crippen molar-refractivity contribution in [2.24, 2.45) is 5.92 Å². The van der Waals surface area contributed by atoms with E-state index < -0.39 is 0 Å². The van der Waals surface area contributed by atoms with E-state index >= 15 is 0 Å². The number of hydrogen-bond donors (Lipinski definition) is 0. The van der Waals surface area contributed by atoms with Gasteiger partial charge in [-0.3, -0.25) is 19.4 Å². The lowest BCUT2D eigenvalue weighted by atomic mass is 10.0. The summed E-state index contributed by atoms with van der Waals surface area (Å²) in [6, 6.07) is 11.4. The van der Waals surface area contributed by atoms with E-state index in [0.717, 1.165) is 22.6 Å². The minimum atomic E-state index is -0.138. The summed E-state index contributed by atoms with van der Waals surface area (Å²) in [7, 11) is 3.36. The highest BCUT2D eigenvalue weighted by molar-refractivity contribution is 8.77. The second-order valence-electron chi connectivity index (χ2n) is 7.96. The number of nitrogens with zero attached hydrogens (tertiary/aromatic N) is 1. The van der Waals surface area contributed by atoms with Gasteiger partial charge in [0.2, 0.25) is 0 Å². The van der Waals surface area contributed by atoms with Gasteiger partial charge in [0, 0.05) is 46.4 Å². The minimum absolute atomic E-state index is 0.0269. The average Bonchev–Trinajstić information content (AvgIpc) is 2.76. The van der Waals surface area contributed by atoms with E-state index in [9.17, 15) is 14.4 Å². The van der Waals surface area contributed by atoms with Crippen LogP contribution in [0.3, 0.4) is 0 Å². The number of Topliss-reactive ketones (excluding diaryl/α,β-unsaturated/α-hetero) is 3. The summed E-state index contributed by atoms with van der Waals surface area (Å²) in [4.78, 5) is 42.1. The molecule has 0 aliphatic heterocycles. The Morgan fingerprint density at radius 2 is 1.81 bits per heavy atom. The lowest BCUT2D eigenvalue weighted by Gasteiger charge is -2.13. The molecule has 0 aliphatic carbocycles. The first-order chi connectivity index (χ1) is 14.8. The summed E-state index contributed by atoms with van der Waals surface area (Å²) in [6.45, 7) is 7.92. The van der Waals surface area contributed by atoms with Crippen LogP contribution in [0.5, 0.6) is 0 Å². The first kappa shape index (κ1) is 25.3. The van der Waals surface area contributed by atoms with Gasteiger partial charge < -0.3 is 0 Å². The quantitative estimate of drug-likeness (QED) is 0.204. The molecule has 1 aromatic heterocycles. The second-order valence-corrected chi connectivity index (χ2v) is 10.6. The molecule has 4 nitrogen and oxygen atoms in total. The van der Waals surface area contributed by atoms with E-state index in [0.29, 0.717) is 24.8 Å². The summed E-state index contributed by atoms with van der Waals surface area (Å²) in [5.41, 5.74) is 2.47. The normalized spacial score (nSPS) is 12.0. The van der Waals surface area contributed by atoms with Gasteiger partial charge in [-0.2, -0.15) is 0 Å². The molecule has 0 spiro atoms. The van der Waals surface area contributed by atoms with Gasteiger partial charge in [0.05, 0.1) is 6.42 Å². The molecule has 1 aromatic carbocycles. The monoisotopic (exact) mass is 457 g/mol. The Morgan fingerprint density at radius 3 is 2.52 bits per heavy atom. The topological polar surface area (TPSA) is 64.1 Å². The lowest BCUT2D eigenvalue weighted by Crippen LogP contribution is -2.11. The Hall–Kier alpha value is -1.92. The molecule has 166 valence electrons. The zero-order valence-electron chi connectivity index (χ0n) is 18.7. The van der Waals surface area contributed by atoms with Crippen LogP contribution in [-0.2, 0) is 22.4 Å². The minimum Gasteiger partial charge on any atom is -0.299 e. The van der Waals surface area contributed by atoms with Crippen LogP contribution < -0.4 is 0 Å². The second kappa shape index (κ2) is 12.8. The predicted octanol–water partition coefficient (Wildman–Crippen LogP) is 6.16. The molecule has 0 fully saturated rings. The van der Waals surface area contributed by atoms with Gasteiger partial charge in [-0.1, -0.05) is 67.5 Å². The summed E-state index contributed by atoms with van der Waals surface area (Å²) in [5.74, 6) is 0.0986. The average molecular weight is 458 g/mol. The third-order valence-corrected chi connectivity index (χ3v) is 8.02. The van der Waals surface area contributed by atoms with Crippen molar-refractivity contribution in [3.05, 3.63) is 59.4 Å². The van der Waals surface area contributed by atoms with Crippen LogP contribution in [0.1, 0.15) is 68.6 Å². The molecule has 0 amide bonds. The molecule has 0 saturated heterocycles. The molecule has 0 aliphatic rings. The zero-order valence-corrected chi connectivity index (χ0v) is 20.4. The van der Waals surface area contributed by atoms with E-state index in [1.807, 2.05) is 45.0 Å². The van der Waals surface area contributed by atoms with Crippen molar-refractivity contribution in [2.45, 2.75) is 69.9 Å². The third-order valence-electron chi connectivity index (χ3n) is 4.97. The Balaban J connectivity index is 1.80. The van der Waals surface area contributed by atoms with Crippen molar-refractivity contribution in [3.8, 4) is 0 Å². The number of benzene rings is 1. The van der Waals surface area contributed by atoms with Crippen molar-refractivity contribution >= 4 is 38.9 Å². The molecule has 1 heterocycles. The largest absolute Gasteiger partial charge is 0.299 e. The lowest BCUT2D eigenvalue weighted by molar-refractivity contribution is -0.121. The fourth-order valence-corrected chi connectivity index (χ4v) is 5.33. The van der Waals surface area contributed by atoms with Crippen LogP contribution in [0.4, 0.5) is 0 Å². The summed E-state index contributed by atoms with van der Waals surface area (Å²) in [6.07, 6.45) is 3.88. The number of aryl methyl sites for hydroxylation is 1. The molecule has 2 aromatic rings. The summed E-state index contributed by atoms with van der Waals surface area (Å²) >= 11 is 0. The summed E-state index contributed by atoms with van der Waals surface area (Å²) < 4.78 is 0. The SMILES string of the molecule is CCc1cc(C(=O)CC(=O)CCC(C)SSc2ccccc2CC(=O)C(C)C)ccn1. The van der Waals surface area contributed by atoms with Gasteiger partial charge in [-0.25, -0.2) is 0 Å². The van der Waals surface area contributed by atoms with Gasteiger partial charge in [0.15, 0.2) is 5.78 Å². The number of aromatic nitrogens is 1. The maximum Gasteiger partial charge on any atom is 0.170 e. The first-order valence-corrected chi connectivity index (χ1v) is 12.9. The number of hydrogen-bond acceptors (Lipinski definition) is 6. The fraction of sp³-hybridized carbons (Fsp3) is 0.440. The fourth-order valence-electron chi connectivity index (χ4n) is 2.88. The maximum absolute atomic E-state index is 12.4. The van der Waals surface area contributed by atoms with Crippen molar-refractivity contribution in [3.63, 3.8) is 0 Å². The van der Waals surface area contributed by atoms with Gasteiger partial charge >= 0.3 is 0 Å². The third kappa shape index (κ3) is 8.62. The van der Waals surface area contributed by atoms with Crippen LogP contribution in [0.25, 0.3) is 0 Å². The number of ketones is 3. The van der Waals surface area contributed by atoms with Crippen molar-refractivity contribution < 1.29 is 14.4 Å². The van der Waals surface area contributed by atoms with Crippen LogP contribution in [0.2, 0.25) is 0 Å². The maximum atomic E-state index is 12.4. The predicted molar refractivity (Wildman–Crippen MR) is 130 cm³/mol. The molecular formula is C25H31NO3S2. The van der Waals surface area contributed by atoms with Gasteiger partial charge in [-0.15, -0.1) is 0 Å². The standard InChI is InChI=1S/C25H31NO3S2/c1-5-21-14-19(12-13-26-21)24(29)16-22(27)11-10-18(4)30-31-25-9-7-6-8-20(25)15-23(28)17(2)3/h6-9,12-14,17-18H,5,10-11,15-16H2,1-4H3. The first-order valence-electron chi connectivity index (χ1n) is 10.7. The molecule has 0 radical (unpaired) electrons. The molecule has 0 bridgehead atoms. The molecule has 0 saturated carbocycles. The Kier molecular flexibility index (Phi) is 10.5. The number of carbonyl (C=O) groups excluding carboxylic acids is 3. The van der Waals surface area contributed by atoms with Gasteiger partial charge in [-0.05, 0) is 36.6 Å². The van der Waals surface area contributed by atoms with Crippen molar-refractivity contribution in [1.82, 2.24) is 4.98 Å². The van der Waals surface area contributed by atoms with E-state index in [1.165, 1.54) is 0 Å². The molecule has 6 heteroatoms. The smallest absolute Gasteiger partial charge is 0.170 e. The summed E-state index contributed by atoms with van der Waals surface area (Å²) in [5, 5.41) is 0.255. The number of rotatable bonds is 13. The highest BCUT2D eigenvalue weighted by atomic mass is 33.1. The Morgan fingerprint density at radius 1 is 1.06 bits per heavy atom. The Bertz CT molecular complexity index is 911. The van der Waals surface area contributed by atoms with E-state index in [-0.39, 0.29) is 34.9 Å². The van der Waals surface area contributed by atoms with Crippen LogP contribution >= 0.6 is 21.6 Å². The van der Waals surface area contributed by atoms with Gasteiger partial charge in [0.1, 0.15) is 11.6 Å². The molecule has 1 atom stereocenters. The van der Waals surface area contributed by atoms with Crippen molar-refractivity contribution in [1.29, 1.82) is 0 Å². The highest BCUT2D eigenvalue weighted by Gasteiger charge is 2.16. The van der Waals surface area contributed by atoms with Gasteiger partial charge in [0.25, 0.3) is 0 Å². The van der Waals surface area contributed by atoms with Crippen LogP contribution in [-0.4, -0.2) is 27.6 Å². The van der Waals surface area contributed by atoms with E-state index in [2.05, 4.69) is 11.9 Å². The zero-order chi connectivity index (χ0) is 22.8. The molecule has 1 unspecified atom stereocenters. The van der Waals surface area contributed by atoms with Crippen LogP contribution in [0, 0.1) is 5.92 Å². The van der Waals surface area contributed by atoms with E-state index in [4.69, 9.17) is 0 Å². The Labute approximate surface area is 193 Å². The van der Waals surface area contributed by atoms with E-state index in [1.54, 1.807) is 39.9 Å². The van der Waals surface area contributed by atoms with Crippen LogP contribution in [0.15, 0.2) is 47.5 Å².